The van der Waals surface area contributed by atoms with Crippen molar-refractivity contribution in [1.82, 2.24) is 19.9 Å². The lowest BCUT2D eigenvalue weighted by atomic mass is 9.93. The van der Waals surface area contributed by atoms with E-state index in [1.807, 2.05) is 20.8 Å². The van der Waals surface area contributed by atoms with E-state index in [2.05, 4.69) is 25.2 Å². The number of likely N-dealkylation sites (tertiary alicyclic amines) is 1. The highest BCUT2D eigenvalue weighted by atomic mass is 35.5. The van der Waals surface area contributed by atoms with Gasteiger partial charge in [0.05, 0.1) is 30.7 Å². The van der Waals surface area contributed by atoms with E-state index in [4.69, 9.17) is 30.5 Å². The van der Waals surface area contributed by atoms with Crippen LogP contribution in [0, 0.1) is 0 Å². The van der Waals surface area contributed by atoms with E-state index >= 15 is 0 Å². The zero-order valence-electron chi connectivity index (χ0n) is 25.2. The van der Waals surface area contributed by atoms with Crippen molar-refractivity contribution in [3.05, 3.63) is 35.0 Å². The number of amides is 2. The number of carbonyl (C=O) groups excluding carboxylic acids is 2. The smallest absolute Gasteiger partial charge is 0.412 e. The number of nitrogens with zero attached hydrogens (tertiary/aromatic N) is 5. The van der Waals surface area contributed by atoms with Gasteiger partial charge in [-0.3, -0.25) is 10.3 Å². The number of piperidine rings is 1. The minimum Gasteiger partial charge on any atom is -0.485 e. The van der Waals surface area contributed by atoms with Crippen molar-refractivity contribution in [3.63, 3.8) is 0 Å². The molecule has 2 fully saturated rings. The molecular weight excluding hydrogens is 564 g/mol. The van der Waals surface area contributed by atoms with Crippen molar-refractivity contribution >= 4 is 35.3 Å². The maximum absolute atomic E-state index is 12.8. The van der Waals surface area contributed by atoms with Gasteiger partial charge >= 0.3 is 12.2 Å². The largest absolute Gasteiger partial charge is 0.485 e. The summed E-state index contributed by atoms with van der Waals surface area (Å²) in [6.45, 7) is 14.6. The number of halogens is 1. The second kappa shape index (κ2) is 13.3. The fourth-order valence-corrected chi connectivity index (χ4v) is 4.88. The molecule has 2 saturated heterocycles. The Hall–Kier alpha value is -3.38. The second-order valence-electron chi connectivity index (χ2n) is 12.3. The quantitative estimate of drug-likeness (QED) is 0.428. The fraction of sp³-hybridized carbons (Fsp3) is 0.621. The number of carbonyl (C=O) groups is 2. The highest BCUT2D eigenvalue weighted by molar-refractivity contribution is 6.30. The summed E-state index contributed by atoms with van der Waals surface area (Å²) in [6, 6.07) is 1.80. The first-order valence-electron chi connectivity index (χ1n) is 14.2. The molecule has 0 spiro atoms. The average Bonchev–Trinajstić information content (AvgIpc) is 2.91. The predicted molar refractivity (Wildman–Crippen MR) is 158 cm³/mol. The molecule has 0 bridgehead atoms. The first-order valence-corrected chi connectivity index (χ1v) is 14.6. The molecule has 2 aromatic rings. The van der Waals surface area contributed by atoms with E-state index in [1.54, 1.807) is 37.9 Å². The van der Waals surface area contributed by atoms with Crippen molar-refractivity contribution in [1.29, 1.82) is 0 Å². The number of pyridine rings is 1. The van der Waals surface area contributed by atoms with E-state index in [9.17, 15) is 9.59 Å². The van der Waals surface area contributed by atoms with Crippen LogP contribution in [0.3, 0.4) is 0 Å². The Balaban J connectivity index is 1.52. The molecule has 12 nitrogen and oxygen atoms in total. The van der Waals surface area contributed by atoms with Crippen LogP contribution in [0.2, 0.25) is 5.15 Å². The minimum absolute atomic E-state index is 0.0602. The van der Waals surface area contributed by atoms with Crippen molar-refractivity contribution < 1.29 is 28.5 Å². The molecule has 4 heterocycles. The molecule has 1 N–H and O–H groups in total. The van der Waals surface area contributed by atoms with Crippen LogP contribution in [0.1, 0.15) is 71.6 Å². The summed E-state index contributed by atoms with van der Waals surface area (Å²) in [5.41, 5.74) is 0.601. The second-order valence-corrected chi connectivity index (χ2v) is 12.7. The van der Waals surface area contributed by atoms with Crippen molar-refractivity contribution in [2.45, 2.75) is 78.1 Å². The highest BCUT2D eigenvalue weighted by Crippen LogP contribution is 2.34. The first-order chi connectivity index (χ1) is 19.8. The van der Waals surface area contributed by atoms with Crippen molar-refractivity contribution in [2.24, 2.45) is 0 Å². The number of rotatable bonds is 6. The van der Waals surface area contributed by atoms with Crippen LogP contribution in [-0.2, 0) is 20.8 Å². The number of anilines is 2. The minimum atomic E-state index is -0.683. The van der Waals surface area contributed by atoms with Crippen LogP contribution in [0.5, 0.6) is 5.75 Å². The van der Waals surface area contributed by atoms with Crippen LogP contribution in [0.25, 0.3) is 0 Å². The molecule has 0 aromatic carbocycles. The van der Waals surface area contributed by atoms with Gasteiger partial charge in [0.15, 0.2) is 5.75 Å². The molecular formula is C29H41ClN6O6. The molecule has 42 heavy (non-hydrogen) atoms. The molecule has 13 heteroatoms. The fourth-order valence-electron chi connectivity index (χ4n) is 4.70. The highest BCUT2D eigenvalue weighted by Gasteiger charge is 2.29. The van der Waals surface area contributed by atoms with E-state index in [1.165, 1.54) is 6.33 Å². The molecule has 2 aliphatic heterocycles. The maximum Gasteiger partial charge on any atom is 0.412 e. The molecule has 2 aromatic heterocycles. The average molecular weight is 605 g/mol. The van der Waals surface area contributed by atoms with E-state index in [0.29, 0.717) is 75.1 Å². The Morgan fingerprint density at radius 3 is 2.31 bits per heavy atom. The Morgan fingerprint density at radius 1 is 1.00 bits per heavy atom. The lowest BCUT2D eigenvalue weighted by molar-refractivity contribution is 0.0203. The van der Waals surface area contributed by atoms with Crippen molar-refractivity contribution in [3.8, 4) is 5.75 Å². The van der Waals surface area contributed by atoms with Crippen LogP contribution < -0.4 is 15.0 Å². The van der Waals surface area contributed by atoms with Gasteiger partial charge in [0.1, 0.15) is 35.1 Å². The van der Waals surface area contributed by atoms with Crippen LogP contribution in [0.4, 0.5) is 21.1 Å². The summed E-state index contributed by atoms with van der Waals surface area (Å²) in [4.78, 5) is 42.4. The molecule has 2 aliphatic rings. The lowest BCUT2D eigenvalue weighted by Gasteiger charge is -2.33. The number of morpholine rings is 1. The molecule has 4 rings (SSSR count). The number of ether oxygens (including phenoxy) is 4. The predicted octanol–water partition coefficient (Wildman–Crippen LogP) is 5.40. The van der Waals surface area contributed by atoms with Gasteiger partial charge in [-0.15, -0.1) is 0 Å². The summed E-state index contributed by atoms with van der Waals surface area (Å²) >= 11 is 6.48. The number of nitrogens with one attached hydrogen (secondary N) is 1. The molecule has 0 aliphatic carbocycles. The molecule has 230 valence electrons. The van der Waals surface area contributed by atoms with Crippen LogP contribution >= 0.6 is 11.6 Å². The van der Waals surface area contributed by atoms with Crippen LogP contribution in [-0.4, -0.2) is 82.6 Å². The zero-order valence-corrected chi connectivity index (χ0v) is 26.0. The van der Waals surface area contributed by atoms with Gasteiger partial charge in [0, 0.05) is 37.8 Å². The maximum atomic E-state index is 12.8. The Bertz CT molecular complexity index is 1250. The van der Waals surface area contributed by atoms with Crippen LogP contribution in [0.15, 0.2) is 18.6 Å². The van der Waals surface area contributed by atoms with Crippen molar-refractivity contribution in [2.75, 3.05) is 49.6 Å². The standard InChI is InChI=1S/C29H41ClN6O6/c1-28(2,3)41-26(37)34-22-15-21(19-7-9-36(10-8-19)27(38)42-29(4,5)6)31-16-23(22)40-17-20-24(30)32-18-33-25(20)35-11-13-39-14-12-35/h15-16,18-19H,7-14,17H2,1-6H3,(H,31,34,37). The Morgan fingerprint density at radius 2 is 1.67 bits per heavy atom. The number of hydrogen-bond donors (Lipinski definition) is 1. The lowest BCUT2D eigenvalue weighted by Crippen LogP contribution is -2.41. The first kappa shape index (κ1) is 31.6. The summed E-state index contributed by atoms with van der Waals surface area (Å²) in [5.74, 6) is 1.12. The molecule has 0 saturated carbocycles. The third-order valence-corrected chi connectivity index (χ3v) is 6.97. The summed E-state index contributed by atoms with van der Waals surface area (Å²) < 4.78 is 22.7. The molecule has 2 amide bonds. The summed E-state index contributed by atoms with van der Waals surface area (Å²) in [5, 5.41) is 3.11. The summed E-state index contributed by atoms with van der Waals surface area (Å²) in [6.07, 6.45) is 3.51. The molecule has 0 radical (unpaired) electrons. The van der Waals surface area contributed by atoms with Gasteiger partial charge in [0.2, 0.25) is 0 Å². The van der Waals surface area contributed by atoms with E-state index in [0.717, 1.165) is 5.69 Å². The van der Waals surface area contributed by atoms with Gasteiger partial charge < -0.3 is 28.7 Å². The Kier molecular flexibility index (Phi) is 9.98. The topological polar surface area (TPSA) is 128 Å². The number of hydrogen-bond acceptors (Lipinski definition) is 10. The SMILES string of the molecule is CC(C)(C)OC(=O)Nc1cc(C2CCN(C(=O)OC(C)(C)C)CC2)ncc1OCc1c(Cl)ncnc1N1CCOCC1. The normalized spacial score (nSPS) is 16.6. The third-order valence-electron chi connectivity index (χ3n) is 6.64. The monoisotopic (exact) mass is 604 g/mol. The van der Waals surface area contributed by atoms with Gasteiger partial charge in [-0.25, -0.2) is 19.6 Å². The molecule has 0 atom stereocenters. The van der Waals surface area contributed by atoms with Gasteiger partial charge in [-0.05, 0) is 60.5 Å². The van der Waals surface area contributed by atoms with Gasteiger partial charge in [-0.2, -0.15) is 0 Å². The van der Waals surface area contributed by atoms with E-state index < -0.39 is 17.3 Å². The molecule has 0 unspecified atom stereocenters. The van der Waals surface area contributed by atoms with E-state index in [-0.39, 0.29) is 23.8 Å². The van der Waals surface area contributed by atoms with Gasteiger partial charge in [-0.1, -0.05) is 11.6 Å². The zero-order chi connectivity index (χ0) is 30.5. The van der Waals surface area contributed by atoms with Gasteiger partial charge in [0.25, 0.3) is 0 Å². The Labute approximate surface area is 252 Å². The summed E-state index contributed by atoms with van der Waals surface area (Å²) in [7, 11) is 0. The number of aromatic nitrogens is 3. The third kappa shape index (κ3) is 8.81.